The third kappa shape index (κ3) is 2.24. The molecule has 0 aliphatic heterocycles. The fourth-order valence-electron chi connectivity index (χ4n) is 1.73. The largest absolute Gasteiger partial charge is 0.508 e. The Kier molecular flexibility index (Phi) is 2.89. The van der Waals surface area contributed by atoms with Gasteiger partial charge in [0, 0.05) is 18.1 Å². The van der Waals surface area contributed by atoms with Gasteiger partial charge in [0.25, 0.3) is 0 Å². The van der Waals surface area contributed by atoms with Crippen molar-refractivity contribution in [1.29, 1.82) is 0 Å². The minimum absolute atomic E-state index is 0.0903. The highest BCUT2D eigenvalue weighted by Crippen LogP contribution is 2.38. The third-order valence-electron chi connectivity index (χ3n) is 2.57. The first kappa shape index (κ1) is 11.9. The van der Waals surface area contributed by atoms with E-state index >= 15 is 0 Å². The van der Waals surface area contributed by atoms with Crippen LogP contribution in [0.1, 0.15) is 11.1 Å². The Morgan fingerprint density at radius 3 is 1.94 bits per heavy atom. The van der Waals surface area contributed by atoms with Crippen LogP contribution in [-0.4, -0.2) is 25.5 Å². The SMILES string of the molecule is Oc1cc(O)cc(Cc2ccc(O)c(O)c2O)c1. The van der Waals surface area contributed by atoms with E-state index in [1.54, 1.807) is 0 Å². The van der Waals surface area contributed by atoms with Crippen LogP contribution >= 0.6 is 0 Å². The van der Waals surface area contributed by atoms with Crippen molar-refractivity contribution in [3.8, 4) is 28.7 Å². The maximum atomic E-state index is 9.64. The average molecular weight is 248 g/mol. The molecule has 0 spiro atoms. The summed E-state index contributed by atoms with van der Waals surface area (Å²) in [5.74, 6) is -1.59. The molecule has 2 aromatic carbocycles. The first-order chi connectivity index (χ1) is 8.47. The lowest BCUT2D eigenvalue weighted by molar-refractivity contribution is 0.365. The van der Waals surface area contributed by atoms with Crippen LogP contribution in [0, 0.1) is 0 Å². The maximum Gasteiger partial charge on any atom is 0.200 e. The molecule has 18 heavy (non-hydrogen) atoms. The second kappa shape index (κ2) is 4.37. The van der Waals surface area contributed by atoms with E-state index in [4.69, 9.17) is 0 Å². The third-order valence-corrected chi connectivity index (χ3v) is 2.57. The van der Waals surface area contributed by atoms with E-state index in [0.717, 1.165) is 0 Å². The van der Waals surface area contributed by atoms with Crippen LogP contribution in [0.5, 0.6) is 28.7 Å². The number of rotatable bonds is 2. The highest BCUT2D eigenvalue weighted by molar-refractivity contribution is 5.54. The van der Waals surface area contributed by atoms with Gasteiger partial charge < -0.3 is 25.5 Å². The molecule has 0 saturated carbocycles. The summed E-state index contributed by atoms with van der Waals surface area (Å²) < 4.78 is 0. The number of phenolic OH excluding ortho intramolecular Hbond substituents is 5. The van der Waals surface area contributed by atoms with Crippen molar-refractivity contribution in [3.05, 3.63) is 41.5 Å². The molecule has 2 aromatic rings. The summed E-state index contributed by atoms with van der Waals surface area (Å²) in [5.41, 5.74) is 0.934. The van der Waals surface area contributed by atoms with E-state index in [-0.39, 0.29) is 17.9 Å². The molecular weight excluding hydrogens is 236 g/mol. The number of aromatic hydroxyl groups is 5. The molecule has 0 aliphatic rings. The van der Waals surface area contributed by atoms with E-state index in [1.807, 2.05) is 0 Å². The Morgan fingerprint density at radius 2 is 1.33 bits per heavy atom. The summed E-state index contributed by atoms with van der Waals surface area (Å²) >= 11 is 0. The van der Waals surface area contributed by atoms with Crippen LogP contribution in [0.3, 0.4) is 0 Å². The second-order valence-electron chi connectivity index (χ2n) is 3.98. The smallest absolute Gasteiger partial charge is 0.200 e. The summed E-state index contributed by atoms with van der Waals surface area (Å²) in [5, 5.41) is 46.9. The van der Waals surface area contributed by atoms with Crippen molar-refractivity contribution in [2.45, 2.75) is 6.42 Å². The average Bonchev–Trinajstić information content (AvgIpc) is 2.29. The molecule has 5 heteroatoms. The zero-order chi connectivity index (χ0) is 13.3. The lowest BCUT2D eigenvalue weighted by Crippen LogP contribution is -1.89. The van der Waals surface area contributed by atoms with E-state index in [2.05, 4.69) is 0 Å². The van der Waals surface area contributed by atoms with Crippen molar-refractivity contribution in [1.82, 2.24) is 0 Å². The number of benzene rings is 2. The van der Waals surface area contributed by atoms with Crippen LogP contribution in [0.25, 0.3) is 0 Å². The Balaban J connectivity index is 2.37. The van der Waals surface area contributed by atoms with Gasteiger partial charge in [-0.15, -0.1) is 0 Å². The minimum Gasteiger partial charge on any atom is -0.508 e. The lowest BCUT2D eigenvalue weighted by atomic mass is 10.0. The molecule has 94 valence electrons. The maximum absolute atomic E-state index is 9.64. The molecule has 0 aliphatic carbocycles. The standard InChI is InChI=1S/C13H12O5/c14-9-4-7(5-10(15)6-9)3-8-1-2-11(16)13(18)12(8)17/h1-2,4-6,14-18H,3H2. The molecule has 0 radical (unpaired) electrons. The van der Waals surface area contributed by atoms with Gasteiger partial charge in [-0.05, 0) is 23.8 Å². The van der Waals surface area contributed by atoms with Gasteiger partial charge in [-0.25, -0.2) is 0 Å². The number of hydrogen-bond donors (Lipinski definition) is 5. The van der Waals surface area contributed by atoms with Gasteiger partial charge in [0.05, 0.1) is 0 Å². The van der Waals surface area contributed by atoms with E-state index in [1.165, 1.54) is 30.3 Å². The van der Waals surface area contributed by atoms with Gasteiger partial charge in [0.2, 0.25) is 5.75 Å². The lowest BCUT2D eigenvalue weighted by Gasteiger charge is -2.08. The van der Waals surface area contributed by atoms with Crippen molar-refractivity contribution in [2.24, 2.45) is 0 Å². The molecular formula is C13H12O5. The fourth-order valence-corrected chi connectivity index (χ4v) is 1.73. The highest BCUT2D eigenvalue weighted by Gasteiger charge is 2.12. The van der Waals surface area contributed by atoms with Gasteiger partial charge in [-0.1, -0.05) is 6.07 Å². The Hall–Kier alpha value is -2.56. The monoisotopic (exact) mass is 248 g/mol. The normalized spacial score (nSPS) is 10.4. The van der Waals surface area contributed by atoms with Crippen molar-refractivity contribution in [3.63, 3.8) is 0 Å². The van der Waals surface area contributed by atoms with Gasteiger partial charge in [-0.3, -0.25) is 0 Å². The van der Waals surface area contributed by atoms with Crippen molar-refractivity contribution >= 4 is 0 Å². The molecule has 0 bridgehead atoms. The van der Waals surface area contributed by atoms with Crippen LogP contribution < -0.4 is 0 Å². The molecule has 0 unspecified atom stereocenters. The Morgan fingerprint density at radius 1 is 0.722 bits per heavy atom. The molecule has 0 fully saturated rings. The number of hydrogen-bond acceptors (Lipinski definition) is 5. The van der Waals surface area contributed by atoms with Gasteiger partial charge >= 0.3 is 0 Å². The first-order valence-corrected chi connectivity index (χ1v) is 5.22. The van der Waals surface area contributed by atoms with Crippen molar-refractivity contribution < 1.29 is 25.5 Å². The summed E-state index contributed by atoms with van der Waals surface area (Å²) in [6, 6.07) is 6.77. The zero-order valence-electron chi connectivity index (χ0n) is 9.33. The summed E-state index contributed by atoms with van der Waals surface area (Å²) in [7, 11) is 0. The summed E-state index contributed by atoms with van der Waals surface area (Å²) in [6.07, 6.45) is 0.196. The van der Waals surface area contributed by atoms with E-state index < -0.39 is 17.2 Å². The molecule has 0 amide bonds. The fraction of sp³-hybridized carbons (Fsp3) is 0.0769. The number of phenols is 5. The molecule has 0 atom stereocenters. The van der Waals surface area contributed by atoms with Crippen LogP contribution in [-0.2, 0) is 6.42 Å². The van der Waals surface area contributed by atoms with Crippen LogP contribution in [0.4, 0.5) is 0 Å². The van der Waals surface area contributed by atoms with Crippen LogP contribution in [0.15, 0.2) is 30.3 Å². The molecule has 5 nitrogen and oxygen atoms in total. The van der Waals surface area contributed by atoms with Gasteiger partial charge in [0.15, 0.2) is 11.5 Å². The predicted octanol–water partition coefficient (Wildman–Crippen LogP) is 1.81. The first-order valence-electron chi connectivity index (χ1n) is 5.22. The summed E-state index contributed by atoms with van der Waals surface area (Å²) in [6.45, 7) is 0. The predicted molar refractivity (Wildman–Crippen MR) is 64.0 cm³/mol. The van der Waals surface area contributed by atoms with Crippen LogP contribution in [0.2, 0.25) is 0 Å². The molecule has 0 aromatic heterocycles. The van der Waals surface area contributed by atoms with Gasteiger partial charge in [-0.2, -0.15) is 0 Å². The van der Waals surface area contributed by atoms with E-state index in [0.29, 0.717) is 11.1 Å². The van der Waals surface area contributed by atoms with E-state index in [9.17, 15) is 25.5 Å². The highest BCUT2D eigenvalue weighted by atomic mass is 16.3. The molecule has 0 heterocycles. The minimum atomic E-state index is -0.586. The topological polar surface area (TPSA) is 101 Å². The van der Waals surface area contributed by atoms with Gasteiger partial charge in [0.1, 0.15) is 11.5 Å². The zero-order valence-corrected chi connectivity index (χ0v) is 9.33. The Labute approximate surface area is 103 Å². The second-order valence-corrected chi connectivity index (χ2v) is 3.98. The van der Waals surface area contributed by atoms with Crippen molar-refractivity contribution in [2.75, 3.05) is 0 Å². The molecule has 2 rings (SSSR count). The quantitative estimate of drug-likeness (QED) is 0.522. The summed E-state index contributed by atoms with van der Waals surface area (Å²) in [4.78, 5) is 0. The molecule has 5 N–H and O–H groups in total. The Bertz CT molecular complexity index is 572. The molecule has 0 saturated heterocycles.